The molecule has 0 radical (unpaired) electrons. The highest BCUT2D eigenvalue weighted by atomic mass is 35.7. The van der Waals surface area contributed by atoms with Gasteiger partial charge in [0.2, 0.25) is 0 Å². The lowest BCUT2D eigenvalue weighted by molar-refractivity contribution is 0.501. The van der Waals surface area contributed by atoms with Crippen LogP contribution >= 0.6 is 10.7 Å². The molecule has 1 aromatic carbocycles. The van der Waals surface area contributed by atoms with Crippen molar-refractivity contribution in [1.82, 2.24) is 0 Å². The summed E-state index contributed by atoms with van der Waals surface area (Å²) in [7, 11) is -0.137. The Balaban J connectivity index is 0.000000292. The SMILES string of the molecule is CC(C)c1ccccc1.O=S(=O)(O)Cl. The summed E-state index contributed by atoms with van der Waals surface area (Å²) in [5, 5.41) is 0. The fourth-order valence-corrected chi connectivity index (χ4v) is 0.838. The summed E-state index contributed by atoms with van der Waals surface area (Å²) < 4.78 is 25.2. The van der Waals surface area contributed by atoms with Crippen molar-refractivity contribution in [2.24, 2.45) is 0 Å². The summed E-state index contributed by atoms with van der Waals surface area (Å²) in [6.07, 6.45) is 0. The lowest BCUT2D eigenvalue weighted by Gasteiger charge is -2.01. The van der Waals surface area contributed by atoms with Crippen LogP contribution in [0.2, 0.25) is 0 Å². The molecule has 0 amide bonds. The lowest BCUT2D eigenvalue weighted by atomic mass is 10.0. The monoisotopic (exact) mass is 236 g/mol. The highest BCUT2D eigenvalue weighted by Crippen LogP contribution is 2.11. The average molecular weight is 237 g/mol. The Kier molecular flexibility index (Phi) is 5.76. The first-order valence-corrected chi connectivity index (χ1v) is 6.29. The molecule has 3 nitrogen and oxygen atoms in total. The van der Waals surface area contributed by atoms with Crippen molar-refractivity contribution < 1.29 is 13.0 Å². The van der Waals surface area contributed by atoms with Gasteiger partial charge in [-0.2, -0.15) is 8.42 Å². The maximum Gasteiger partial charge on any atom is 0.353 e. The van der Waals surface area contributed by atoms with Gasteiger partial charge in [0.15, 0.2) is 0 Å². The zero-order chi connectivity index (χ0) is 11.2. The van der Waals surface area contributed by atoms with Crippen molar-refractivity contribution in [3.05, 3.63) is 35.9 Å². The summed E-state index contributed by atoms with van der Waals surface area (Å²) in [6, 6.07) is 10.5. The molecule has 0 aliphatic rings. The van der Waals surface area contributed by atoms with E-state index in [0.29, 0.717) is 5.92 Å². The van der Waals surface area contributed by atoms with E-state index in [1.807, 2.05) is 6.07 Å². The predicted molar refractivity (Wildman–Crippen MR) is 57.9 cm³/mol. The molecule has 1 rings (SSSR count). The van der Waals surface area contributed by atoms with E-state index < -0.39 is 9.33 Å². The van der Waals surface area contributed by atoms with Gasteiger partial charge in [-0.15, -0.1) is 0 Å². The first kappa shape index (κ1) is 13.4. The van der Waals surface area contributed by atoms with Gasteiger partial charge in [0.1, 0.15) is 0 Å². The standard InChI is InChI=1S/C9H12.ClHO3S/c1-8(2)9-6-4-3-5-7-9;1-5(2,3)4/h3-8H,1-2H3;(H,2,3,4). The molecule has 0 spiro atoms. The normalized spacial score (nSPS) is 10.6. The molecule has 1 aromatic rings. The van der Waals surface area contributed by atoms with Gasteiger partial charge < -0.3 is 0 Å². The van der Waals surface area contributed by atoms with Crippen LogP contribution in [0.25, 0.3) is 0 Å². The lowest BCUT2D eigenvalue weighted by Crippen LogP contribution is -1.83. The number of benzene rings is 1. The van der Waals surface area contributed by atoms with Crippen LogP contribution in [0.1, 0.15) is 25.3 Å². The number of hydrogen-bond acceptors (Lipinski definition) is 2. The van der Waals surface area contributed by atoms with Crippen LogP contribution in [-0.4, -0.2) is 13.0 Å². The van der Waals surface area contributed by atoms with E-state index >= 15 is 0 Å². The van der Waals surface area contributed by atoms with Crippen molar-refractivity contribution in [2.75, 3.05) is 0 Å². The van der Waals surface area contributed by atoms with Crippen molar-refractivity contribution >= 4 is 20.0 Å². The molecule has 5 heteroatoms. The van der Waals surface area contributed by atoms with Crippen LogP contribution in [-0.2, 0) is 9.33 Å². The topological polar surface area (TPSA) is 54.4 Å². The van der Waals surface area contributed by atoms with E-state index in [1.165, 1.54) is 5.56 Å². The largest absolute Gasteiger partial charge is 0.353 e. The van der Waals surface area contributed by atoms with E-state index in [4.69, 9.17) is 13.0 Å². The van der Waals surface area contributed by atoms with Crippen LogP contribution in [0, 0.1) is 0 Å². The second-order valence-electron chi connectivity index (χ2n) is 2.98. The Morgan fingerprint density at radius 2 is 1.57 bits per heavy atom. The van der Waals surface area contributed by atoms with Gasteiger partial charge in [-0.05, 0) is 11.5 Å². The second-order valence-corrected chi connectivity index (χ2v) is 4.97. The molecule has 0 fully saturated rings. The number of rotatable bonds is 1. The molecule has 0 atom stereocenters. The first-order chi connectivity index (χ1) is 6.30. The predicted octanol–water partition coefficient (Wildman–Crippen LogP) is 2.84. The zero-order valence-electron chi connectivity index (χ0n) is 8.01. The third-order valence-electron chi connectivity index (χ3n) is 1.47. The minimum Gasteiger partial charge on any atom is -0.273 e. The molecule has 0 aliphatic heterocycles. The van der Waals surface area contributed by atoms with Crippen LogP contribution in [0.5, 0.6) is 0 Å². The van der Waals surface area contributed by atoms with Crippen LogP contribution < -0.4 is 0 Å². The number of halogens is 1. The van der Waals surface area contributed by atoms with E-state index in [-0.39, 0.29) is 0 Å². The Labute approximate surface area is 89.0 Å². The third-order valence-corrected chi connectivity index (χ3v) is 1.47. The van der Waals surface area contributed by atoms with Crippen molar-refractivity contribution in [3.63, 3.8) is 0 Å². The van der Waals surface area contributed by atoms with Gasteiger partial charge in [0, 0.05) is 10.7 Å². The van der Waals surface area contributed by atoms with Gasteiger partial charge >= 0.3 is 9.33 Å². The maximum atomic E-state index is 8.95. The highest BCUT2D eigenvalue weighted by Gasteiger charge is 1.93. The van der Waals surface area contributed by atoms with E-state index in [9.17, 15) is 0 Å². The van der Waals surface area contributed by atoms with Crippen LogP contribution in [0.3, 0.4) is 0 Å². The summed E-state index contributed by atoms with van der Waals surface area (Å²) in [5.74, 6) is 0.659. The molecule has 0 saturated carbocycles. The van der Waals surface area contributed by atoms with Crippen molar-refractivity contribution in [3.8, 4) is 0 Å². The highest BCUT2D eigenvalue weighted by molar-refractivity contribution is 8.09. The summed E-state index contributed by atoms with van der Waals surface area (Å²) in [5.41, 5.74) is 1.41. The Morgan fingerprint density at radius 3 is 1.79 bits per heavy atom. The van der Waals surface area contributed by atoms with Gasteiger partial charge in [-0.1, -0.05) is 44.2 Å². The fourth-order valence-electron chi connectivity index (χ4n) is 0.838. The smallest absolute Gasteiger partial charge is 0.273 e. The Morgan fingerprint density at radius 1 is 1.21 bits per heavy atom. The second kappa shape index (κ2) is 6.01. The quantitative estimate of drug-likeness (QED) is 0.603. The van der Waals surface area contributed by atoms with Crippen molar-refractivity contribution in [2.45, 2.75) is 19.8 Å². The molecular weight excluding hydrogens is 224 g/mol. The third kappa shape index (κ3) is 9.51. The van der Waals surface area contributed by atoms with Crippen LogP contribution in [0.4, 0.5) is 0 Å². The molecule has 0 heterocycles. The molecule has 14 heavy (non-hydrogen) atoms. The number of hydrogen-bond donors (Lipinski definition) is 1. The van der Waals surface area contributed by atoms with Gasteiger partial charge in [-0.3, -0.25) is 4.55 Å². The Bertz CT molecular complexity index is 338. The molecule has 1 N–H and O–H groups in total. The van der Waals surface area contributed by atoms with E-state index in [0.717, 1.165) is 0 Å². The maximum absolute atomic E-state index is 8.95. The van der Waals surface area contributed by atoms with Crippen LogP contribution in [0.15, 0.2) is 30.3 Å². The van der Waals surface area contributed by atoms with E-state index in [2.05, 4.69) is 48.8 Å². The fraction of sp³-hybridized carbons (Fsp3) is 0.333. The minimum atomic E-state index is -4.19. The van der Waals surface area contributed by atoms with Gasteiger partial charge in [0.05, 0.1) is 0 Å². The molecule has 0 aromatic heterocycles. The zero-order valence-corrected chi connectivity index (χ0v) is 9.59. The minimum absolute atomic E-state index is 0.659. The molecule has 0 saturated heterocycles. The average Bonchev–Trinajstić information content (AvgIpc) is 2.03. The Hall–Kier alpha value is -0.580. The molecule has 0 aliphatic carbocycles. The molecule has 0 unspecified atom stereocenters. The summed E-state index contributed by atoms with van der Waals surface area (Å²) >= 11 is 0. The van der Waals surface area contributed by atoms with Crippen molar-refractivity contribution in [1.29, 1.82) is 0 Å². The summed E-state index contributed by atoms with van der Waals surface area (Å²) in [6.45, 7) is 4.41. The molecule has 0 bridgehead atoms. The summed E-state index contributed by atoms with van der Waals surface area (Å²) in [4.78, 5) is 0. The first-order valence-electron chi connectivity index (χ1n) is 4.02. The van der Waals surface area contributed by atoms with Gasteiger partial charge in [0.25, 0.3) is 0 Å². The molecular formula is C9H13ClO3S. The van der Waals surface area contributed by atoms with E-state index in [1.54, 1.807) is 0 Å². The molecule has 80 valence electrons. The van der Waals surface area contributed by atoms with Gasteiger partial charge in [-0.25, -0.2) is 0 Å².